The molecule has 1 aliphatic heterocycles. The van der Waals surface area contributed by atoms with Crippen molar-refractivity contribution in [2.75, 3.05) is 26.2 Å². The van der Waals surface area contributed by atoms with E-state index in [-0.39, 0.29) is 0 Å². The third-order valence-corrected chi connectivity index (χ3v) is 4.15. The van der Waals surface area contributed by atoms with Gasteiger partial charge in [0.1, 0.15) is 0 Å². The van der Waals surface area contributed by atoms with Crippen molar-refractivity contribution in [1.82, 2.24) is 4.90 Å². The van der Waals surface area contributed by atoms with Gasteiger partial charge in [-0.25, -0.2) is 0 Å². The molecule has 20 heavy (non-hydrogen) atoms. The molecule has 1 aromatic carbocycles. The second-order valence-corrected chi connectivity index (χ2v) is 5.71. The van der Waals surface area contributed by atoms with Crippen LogP contribution in [0, 0.1) is 6.92 Å². The van der Waals surface area contributed by atoms with Gasteiger partial charge in [0.2, 0.25) is 0 Å². The van der Waals surface area contributed by atoms with Gasteiger partial charge in [0.05, 0.1) is 12.7 Å². The van der Waals surface area contributed by atoms with E-state index in [1.165, 1.54) is 11.1 Å². The summed E-state index contributed by atoms with van der Waals surface area (Å²) in [5, 5.41) is 8.80. The molecule has 1 aromatic rings. The molecule has 0 spiro atoms. The van der Waals surface area contributed by atoms with Gasteiger partial charge >= 0.3 is 0 Å². The molecule has 3 heteroatoms. The van der Waals surface area contributed by atoms with E-state index < -0.39 is 0 Å². The van der Waals surface area contributed by atoms with E-state index in [9.17, 15) is 0 Å². The minimum absolute atomic E-state index is 0.315. The zero-order valence-corrected chi connectivity index (χ0v) is 12.6. The standard InChI is InChI=1S/C17H27NO2/c1-15-6-2-3-7-16(15)14-20-17-8-11-18(12-9-17)10-4-5-13-19/h2-3,6-7,17,19H,4-5,8-14H2,1H3. The fourth-order valence-electron chi connectivity index (χ4n) is 2.73. The zero-order valence-electron chi connectivity index (χ0n) is 12.6. The van der Waals surface area contributed by atoms with Gasteiger partial charge in [-0.3, -0.25) is 0 Å². The van der Waals surface area contributed by atoms with Crippen molar-refractivity contribution < 1.29 is 9.84 Å². The van der Waals surface area contributed by atoms with Gasteiger partial charge in [-0.05, 0) is 50.3 Å². The Bertz CT molecular complexity index is 386. The summed E-state index contributed by atoms with van der Waals surface area (Å²) < 4.78 is 6.06. The summed E-state index contributed by atoms with van der Waals surface area (Å²) in [7, 11) is 0. The number of ether oxygens (including phenoxy) is 1. The zero-order chi connectivity index (χ0) is 14.2. The van der Waals surface area contributed by atoms with Crippen LogP contribution < -0.4 is 0 Å². The van der Waals surface area contributed by atoms with Crippen LogP contribution in [0.2, 0.25) is 0 Å². The molecule has 1 saturated heterocycles. The first kappa shape index (κ1) is 15.5. The van der Waals surface area contributed by atoms with E-state index in [1.807, 2.05) is 0 Å². The highest BCUT2D eigenvalue weighted by molar-refractivity contribution is 5.24. The van der Waals surface area contributed by atoms with Crippen LogP contribution >= 0.6 is 0 Å². The first-order valence-electron chi connectivity index (χ1n) is 7.79. The molecule has 1 heterocycles. The van der Waals surface area contributed by atoms with Crippen LogP contribution in [0.3, 0.4) is 0 Å². The van der Waals surface area contributed by atoms with E-state index in [4.69, 9.17) is 9.84 Å². The minimum Gasteiger partial charge on any atom is -0.396 e. The second kappa shape index (κ2) is 8.40. The molecule has 2 rings (SSSR count). The third kappa shape index (κ3) is 4.89. The Balaban J connectivity index is 1.66. The Morgan fingerprint density at radius 1 is 1.20 bits per heavy atom. The molecule has 0 atom stereocenters. The molecule has 0 aromatic heterocycles. The quantitative estimate of drug-likeness (QED) is 0.778. The summed E-state index contributed by atoms with van der Waals surface area (Å²) in [4.78, 5) is 2.49. The molecule has 1 N–H and O–H groups in total. The van der Waals surface area contributed by atoms with Crippen molar-refractivity contribution in [3.05, 3.63) is 35.4 Å². The number of rotatable bonds is 7. The highest BCUT2D eigenvalue weighted by Gasteiger charge is 2.19. The van der Waals surface area contributed by atoms with Gasteiger partial charge in [-0.15, -0.1) is 0 Å². The van der Waals surface area contributed by atoms with E-state index >= 15 is 0 Å². The van der Waals surface area contributed by atoms with Gasteiger partial charge in [-0.2, -0.15) is 0 Å². The molecular formula is C17H27NO2. The molecule has 0 bridgehead atoms. The molecule has 112 valence electrons. The van der Waals surface area contributed by atoms with Crippen molar-refractivity contribution >= 4 is 0 Å². The summed E-state index contributed by atoms with van der Waals surface area (Å²) in [6.07, 6.45) is 4.69. The number of hydrogen-bond donors (Lipinski definition) is 1. The second-order valence-electron chi connectivity index (χ2n) is 5.71. The normalized spacial score (nSPS) is 17.5. The summed E-state index contributed by atoms with van der Waals surface area (Å²) in [5.41, 5.74) is 2.62. The van der Waals surface area contributed by atoms with Crippen LogP contribution in [-0.2, 0) is 11.3 Å². The average Bonchev–Trinajstić information content (AvgIpc) is 2.48. The highest BCUT2D eigenvalue weighted by atomic mass is 16.5. The molecule has 1 aliphatic rings. The monoisotopic (exact) mass is 277 g/mol. The number of benzene rings is 1. The van der Waals surface area contributed by atoms with Crippen molar-refractivity contribution in [2.45, 2.75) is 45.3 Å². The molecule has 1 fully saturated rings. The number of aliphatic hydroxyl groups is 1. The number of hydrogen-bond acceptors (Lipinski definition) is 3. The van der Waals surface area contributed by atoms with E-state index in [1.54, 1.807) is 0 Å². The van der Waals surface area contributed by atoms with Crippen molar-refractivity contribution in [3.63, 3.8) is 0 Å². The number of aliphatic hydroxyl groups excluding tert-OH is 1. The number of unbranched alkanes of at least 4 members (excludes halogenated alkanes) is 1. The maximum atomic E-state index is 8.80. The van der Waals surface area contributed by atoms with E-state index in [2.05, 4.69) is 36.1 Å². The maximum absolute atomic E-state index is 8.80. The molecule has 0 saturated carbocycles. The Labute approximate surface area is 122 Å². The first-order valence-corrected chi connectivity index (χ1v) is 7.79. The fourth-order valence-corrected chi connectivity index (χ4v) is 2.73. The Morgan fingerprint density at radius 3 is 2.65 bits per heavy atom. The minimum atomic E-state index is 0.315. The van der Waals surface area contributed by atoms with Gasteiger partial charge < -0.3 is 14.7 Å². The van der Waals surface area contributed by atoms with Crippen LogP contribution in [0.25, 0.3) is 0 Å². The van der Waals surface area contributed by atoms with Crippen LogP contribution in [0.4, 0.5) is 0 Å². The Kier molecular flexibility index (Phi) is 6.51. The SMILES string of the molecule is Cc1ccccc1COC1CCN(CCCCO)CC1. The van der Waals surface area contributed by atoms with Crippen molar-refractivity contribution in [1.29, 1.82) is 0 Å². The summed E-state index contributed by atoms with van der Waals surface area (Å²) in [6, 6.07) is 8.45. The lowest BCUT2D eigenvalue weighted by Crippen LogP contribution is -2.37. The first-order chi connectivity index (χ1) is 9.79. The van der Waals surface area contributed by atoms with Crippen LogP contribution in [-0.4, -0.2) is 42.4 Å². The van der Waals surface area contributed by atoms with E-state index in [0.29, 0.717) is 12.7 Å². The maximum Gasteiger partial charge on any atom is 0.0723 e. The summed E-state index contributed by atoms with van der Waals surface area (Å²) in [5.74, 6) is 0. The smallest absolute Gasteiger partial charge is 0.0723 e. The van der Waals surface area contributed by atoms with E-state index in [0.717, 1.165) is 51.9 Å². The number of likely N-dealkylation sites (tertiary alicyclic amines) is 1. The molecule has 0 amide bonds. The fraction of sp³-hybridized carbons (Fsp3) is 0.647. The lowest BCUT2D eigenvalue weighted by atomic mass is 10.1. The molecule has 0 radical (unpaired) electrons. The molecule has 0 unspecified atom stereocenters. The van der Waals surface area contributed by atoms with Gasteiger partial charge in [-0.1, -0.05) is 24.3 Å². The molecular weight excluding hydrogens is 250 g/mol. The lowest BCUT2D eigenvalue weighted by Gasteiger charge is -2.32. The largest absolute Gasteiger partial charge is 0.396 e. The highest BCUT2D eigenvalue weighted by Crippen LogP contribution is 2.17. The topological polar surface area (TPSA) is 32.7 Å². The Morgan fingerprint density at radius 2 is 1.95 bits per heavy atom. The molecule has 3 nitrogen and oxygen atoms in total. The lowest BCUT2D eigenvalue weighted by molar-refractivity contribution is -0.00297. The number of nitrogens with zero attached hydrogens (tertiary/aromatic N) is 1. The van der Waals surface area contributed by atoms with Crippen molar-refractivity contribution in [3.8, 4) is 0 Å². The predicted molar refractivity (Wildman–Crippen MR) is 81.7 cm³/mol. The van der Waals surface area contributed by atoms with Gasteiger partial charge in [0.15, 0.2) is 0 Å². The molecule has 0 aliphatic carbocycles. The van der Waals surface area contributed by atoms with Gasteiger partial charge in [0.25, 0.3) is 0 Å². The Hall–Kier alpha value is -0.900. The van der Waals surface area contributed by atoms with Crippen LogP contribution in [0.15, 0.2) is 24.3 Å². The number of piperidine rings is 1. The predicted octanol–water partition coefficient (Wildman–Crippen LogP) is 2.75. The number of aryl methyl sites for hydroxylation is 1. The van der Waals surface area contributed by atoms with Gasteiger partial charge in [0, 0.05) is 19.7 Å². The van der Waals surface area contributed by atoms with Crippen LogP contribution in [0.1, 0.15) is 36.8 Å². The van der Waals surface area contributed by atoms with Crippen molar-refractivity contribution in [2.24, 2.45) is 0 Å². The van der Waals surface area contributed by atoms with Crippen LogP contribution in [0.5, 0.6) is 0 Å². The third-order valence-electron chi connectivity index (χ3n) is 4.15. The summed E-state index contributed by atoms with van der Waals surface area (Å²) >= 11 is 0. The average molecular weight is 277 g/mol. The summed E-state index contributed by atoms with van der Waals surface area (Å²) in [6.45, 7) is 6.57.